The predicted octanol–water partition coefficient (Wildman–Crippen LogP) is 4.37. The highest BCUT2D eigenvalue weighted by molar-refractivity contribution is 7.24. The van der Waals surface area contributed by atoms with Crippen LogP contribution >= 0.6 is 34.3 Å². The Bertz CT molecular complexity index is 1620. The molecule has 0 fully saturated rings. The fourth-order valence-electron chi connectivity index (χ4n) is 3.54. The van der Waals surface area contributed by atoms with E-state index in [1.165, 1.54) is 22.7 Å². The van der Waals surface area contributed by atoms with Gasteiger partial charge in [0.05, 0.1) is 20.4 Å². The topological polar surface area (TPSA) is 75.5 Å². The number of hydrogen-bond donors (Lipinski definition) is 1. The van der Waals surface area contributed by atoms with E-state index in [1.54, 1.807) is 14.9 Å². The monoisotopic (exact) mass is 423 g/mol. The van der Waals surface area contributed by atoms with Gasteiger partial charge in [-0.05, 0) is 42.8 Å². The third-order valence-corrected chi connectivity index (χ3v) is 7.05. The molecule has 0 unspecified atom stereocenters. The van der Waals surface area contributed by atoms with Gasteiger partial charge in [-0.1, -0.05) is 40.3 Å². The molecular weight excluding hydrogens is 414 g/mol. The smallest absolute Gasteiger partial charge is 0.272 e. The maximum atomic E-state index is 13.4. The quantitative estimate of drug-likeness (QED) is 0.394. The van der Waals surface area contributed by atoms with E-state index in [-0.39, 0.29) is 16.4 Å². The number of nitrogens with zero attached hydrogens (tertiary/aromatic N) is 4. The Kier molecular flexibility index (Phi) is 3.11. The highest BCUT2D eigenvalue weighted by atomic mass is 35.5. The minimum atomic E-state index is -0.268. The van der Waals surface area contributed by atoms with Crippen molar-refractivity contribution in [2.24, 2.45) is 0 Å². The molecule has 0 amide bonds. The van der Waals surface area contributed by atoms with Gasteiger partial charge in [-0.3, -0.25) is 19.0 Å². The lowest BCUT2D eigenvalue weighted by atomic mass is 10.2. The van der Waals surface area contributed by atoms with Crippen LogP contribution in [0.3, 0.4) is 0 Å². The Hall–Kier alpha value is -2.81. The minimum Gasteiger partial charge on any atom is -0.283 e. The van der Waals surface area contributed by atoms with Gasteiger partial charge in [0.2, 0.25) is 0 Å². The van der Waals surface area contributed by atoms with Crippen LogP contribution in [-0.4, -0.2) is 18.8 Å². The van der Waals surface area contributed by atoms with E-state index in [4.69, 9.17) is 17.0 Å². The average Bonchev–Trinajstić information content (AvgIpc) is 3.18. The zero-order valence-corrected chi connectivity index (χ0v) is 16.7. The third-order valence-electron chi connectivity index (χ3n) is 4.81. The summed E-state index contributed by atoms with van der Waals surface area (Å²) in [4.78, 5) is 23.8. The van der Waals surface area contributed by atoms with Crippen molar-refractivity contribution >= 4 is 75.7 Å². The number of fused-ring (bicyclic) bond motifs is 7. The van der Waals surface area contributed by atoms with E-state index >= 15 is 0 Å². The molecule has 0 aliphatic rings. The zero-order chi connectivity index (χ0) is 19.2. The Labute approximate surface area is 169 Å². The lowest BCUT2D eigenvalue weighted by Gasteiger charge is -2.02. The summed E-state index contributed by atoms with van der Waals surface area (Å²) >= 11 is 8.98. The van der Waals surface area contributed by atoms with Crippen molar-refractivity contribution in [3.05, 3.63) is 62.8 Å². The van der Waals surface area contributed by atoms with E-state index in [2.05, 4.69) is 9.97 Å². The van der Waals surface area contributed by atoms with Gasteiger partial charge in [-0.15, -0.1) is 0 Å². The van der Waals surface area contributed by atoms with Crippen molar-refractivity contribution in [1.82, 2.24) is 18.8 Å². The molecule has 0 spiro atoms. The van der Waals surface area contributed by atoms with Crippen molar-refractivity contribution < 1.29 is 0 Å². The second kappa shape index (κ2) is 5.38. The molecule has 0 saturated heterocycles. The van der Waals surface area contributed by atoms with Gasteiger partial charge in [0.15, 0.2) is 15.6 Å². The molecule has 0 saturated carbocycles. The van der Waals surface area contributed by atoms with E-state index < -0.39 is 0 Å². The third kappa shape index (κ3) is 2.02. The van der Waals surface area contributed by atoms with Crippen LogP contribution in [0.15, 0.2) is 41.2 Å². The molecule has 0 bridgehead atoms. The number of benzene rings is 2. The van der Waals surface area contributed by atoms with Gasteiger partial charge in [0.1, 0.15) is 10.9 Å². The summed E-state index contributed by atoms with van der Waals surface area (Å²) in [7, 11) is 0. The summed E-state index contributed by atoms with van der Waals surface area (Å²) in [6.45, 7) is 2.02. The molecule has 1 N–H and O–H groups in total. The second-order valence-electron chi connectivity index (χ2n) is 6.60. The molecule has 0 radical (unpaired) electrons. The lowest BCUT2D eigenvalue weighted by Crippen LogP contribution is -2.25. The maximum Gasteiger partial charge on any atom is 0.272 e. The normalized spacial score (nSPS) is 12.2. The number of halogens is 1. The standard InChI is InChI=1S/C19H10ClN5OS2/c1-8-2-4-11-12(6-8)27-19-23-16-14(17(26)25(11)19)15(21)24-10-5-3-9(20)7-13(10)28-18(24)22-16/h2-7,21H,1H3. The number of thiazole rings is 2. The van der Waals surface area contributed by atoms with Crippen molar-refractivity contribution in [3.8, 4) is 0 Å². The SMILES string of the molecule is Cc1ccc2c(c1)sc1nc3nc4sc5cc(Cl)ccc5n4c(=N)c3c(=O)n12. The van der Waals surface area contributed by atoms with Crippen molar-refractivity contribution in [1.29, 1.82) is 5.41 Å². The summed E-state index contributed by atoms with van der Waals surface area (Å²) in [6, 6.07) is 11.4. The minimum absolute atomic E-state index is 0.0898. The summed E-state index contributed by atoms with van der Waals surface area (Å²) < 4.78 is 5.17. The molecule has 136 valence electrons. The fraction of sp³-hybridized carbons (Fsp3) is 0.0526. The fourth-order valence-corrected chi connectivity index (χ4v) is 5.95. The van der Waals surface area contributed by atoms with E-state index in [0.717, 1.165) is 26.0 Å². The zero-order valence-electron chi connectivity index (χ0n) is 14.4. The van der Waals surface area contributed by atoms with E-state index in [0.29, 0.717) is 20.6 Å². The predicted molar refractivity (Wildman–Crippen MR) is 114 cm³/mol. The molecule has 2 aromatic carbocycles. The first-order chi connectivity index (χ1) is 13.5. The van der Waals surface area contributed by atoms with Crippen LogP contribution in [0.1, 0.15) is 5.56 Å². The highest BCUT2D eigenvalue weighted by Gasteiger charge is 2.17. The van der Waals surface area contributed by atoms with Crippen LogP contribution in [0.25, 0.3) is 41.4 Å². The number of aryl methyl sites for hydroxylation is 1. The van der Waals surface area contributed by atoms with Crippen LogP contribution in [0.4, 0.5) is 0 Å². The number of hydrogen-bond acceptors (Lipinski definition) is 6. The van der Waals surface area contributed by atoms with Crippen LogP contribution in [-0.2, 0) is 0 Å². The molecule has 0 aliphatic heterocycles. The number of rotatable bonds is 0. The molecule has 0 atom stereocenters. The first kappa shape index (κ1) is 16.2. The van der Waals surface area contributed by atoms with E-state index in [1.807, 2.05) is 37.3 Å². The Morgan fingerprint density at radius 2 is 1.61 bits per heavy atom. The molecule has 4 heterocycles. The summed E-state index contributed by atoms with van der Waals surface area (Å²) in [5.41, 5.74) is 2.85. The van der Waals surface area contributed by atoms with Crippen molar-refractivity contribution in [2.45, 2.75) is 6.92 Å². The first-order valence-corrected chi connectivity index (χ1v) is 10.4. The molecular formula is C19H10ClN5OS2. The van der Waals surface area contributed by atoms with E-state index in [9.17, 15) is 4.79 Å². The van der Waals surface area contributed by atoms with Crippen LogP contribution in [0.2, 0.25) is 5.02 Å². The maximum absolute atomic E-state index is 13.4. The molecule has 28 heavy (non-hydrogen) atoms. The first-order valence-electron chi connectivity index (χ1n) is 8.42. The Morgan fingerprint density at radius 1 is 0.964 bits per heavy atom. The van der Waals surface area contributed by atoms with Gasteiger partial charge in [0.25, 0.3) is 5.56 Å². The number of aromatic nitrogens is 4. The van der Waals surface area contributed by atoms with Gasteiger partial charge >= 0.3 is 0 Å². The molecule has 9 heteroatoms. The summed E-state index contributed by atoms with van der Waals surface area (Å²) in [5, 5.41) is 9.58. The van der Waals surface area contributed by atoms with Gasteiger partial charge < -0.3 is 0 Å². The summed E-state index contributed by atoms with van der Waals surface area (Å²) in [6.07, 6.45) is 0. The largest absolute Gasteiger partial charge is 0.283 e. The van der Waals surface area contributed by atoms with Crippen LogP contribution in [0, 0.1) is 12.3 Å². The molecule has 6 rings (SSSR count). The molecule has 6 aromatic rings. The highest BCUT2D eigenvalue weighted by Crippen LogP contribution is 2.29. The molecule has 6 nitrogen and oxygen atoms in total. The molecule has 0 aliphatic carbocycles. The van der Waals surface area contributed by atoms with Crippen LogP contribution < -0.4 is 11.0 Å². The molecule has 4 aromatic heterocycles. The van der Waals surface area contributed by atoms with Gasteiger partial charge in [-0.25, -0.2) is 0 Å². The van der Waals surface area contributed by atoms with Gasteiger partial charge in [-0.2, -0.15) is 9.97 Å². The van der Waals surface area contributed by atoms with Crippen molar-refractivity contribution in [3.63, 3.8) is 0 Å². The Morgan fingerprint density at radius 3 is 2.39 bits per heavy atom. The second-order valence-corrected chi connectivity index (χ2v) is 9.05. The number of nitrogens with one attached hydrogen (secondary N) is 1. The van der Waals surface area contributed by atoms with Crippen molar-refractivity contribution in [2.75, 3.05) is 0 Å². The average molecular weight is 424 g/mol. The van der Waals surface area contributed by atoms with Crippen LogP contribution in [0.5, 0.6) is 0 Å². The lowest BCUT2D eigenvalue weighted by molar-refractivity contribution is 1.03. The Balaban J connectivity index is 1.87. The summed E-state index contributed by atoms with van der Waals surface area (Å²) in [5.74, 6) is 0. The van der Waals surface area contributed by atoms with Gasteiger partial charge in [0, 0.05) is 5.02 Å².